The molecule has 0 bridgehead atoms. The Bertz CT molecular complexity index is 1260. The van der Waals surface area contributed by atoms with Crippen molar-refractivity contribution in [1.29, 1.82) is 0 Å². The van der Waals surface area contributed by atoms with Gasteiger partial charge in [-0.05, 0) is 42.8 Å². The fraction of sp³-hybridized carbons (Fsp3) is 0.160. The molecule has 0 radical (unpaired) electrons. The number of aliphatic hydroxyl groups is 1. The van der Waals surface area contributed by atoms with Gasteiger partial charge in [-0.1, -0.05) is 29.3 Å². The molecular weight excluding hydrogens is 444 g/mol. The van der Waals surface area contributed by atoms with E-state index in [4.69, 9.17) is 21.1 Å². The molecule has 1 aromatic heterocycles. The maximum absolute atomic E-state index is 13.3. The summed E-state index contributed by atoms with van der Waals surface area (Å²) >= 11 is 6.20. The third kappa shape index (κ3) is 3.91. The van der Waals surface area contributed by atoms with Crippen LogP contribution in [0.2, 0.25) is 5.02 Å². The minimum absolute atomic E-state index is 0.0746. The number of anilines is 1. The highest BCUT2D eigenvalue weighted by Gasteiger charge is 2.47. The van der Waals surface area contributed by atoms with Crippen molar-refractivity contribution in [2.45, 2.75) is 13.0 Å². The molecule has 33 heavy (non-hydrogen) atoms. The Morgan fingerprint density at radius 3 is 2.24 bits per heavy atom. The molecule has 2 aromatic carbocycles. The first kappa shape index (κ1) is 22.4. The van der Waals surface area contributed by atoms with E-state index in [-0.39, 0.29) is 27.7 Å². The van der Waals surface area contributed by atoms with Gasteiger partial charge in [-0.15, -0.1) is 0 Å². The van der Waals surface area contributed by atoms with Crippen LogP contribution < -0.4 is 14.4 Å². The van der Waals surface area contributed by atoms with Crippen molar-refractivity contribution >= 4 is 34.7 Å². The lowest BCUT2D eigenvalue weighted by atomic mass is 9.95. The van der Waals surface area contributed by atoms with Crippen molar-refractivity contribution in [3.63, 3.8) is 0 Å². The van der Waals surface area contributed by atoms with Crippen LogP contribution in [0.3, 0.4) is 0 Å². The number of carbonyl (C=O) groups excluding carboxylic acids is 2. The number of rotatable bonds is 5. The topological polar surface area (TPSA) is 89.0 Å². The average molecular weight is 465 g/mol. The Balaban J connectivity index is 1.98. The van der Waals surface area contributed by atoms with Gasteiger partial charge in [0.25, 0.3) is 11.7 Å². The molecule has 1 atom stereocenters. The molecule has 168 valence electrons. The highest BCUT2D eigenvalue weighted by Crippen LogP contribution is 2.44. The summed E-state index contributed by atoms with van der Waals surface area (Å²) in [5.74, 6) is -1.44. The van der Waals surface area contributed by atoms with Gasteiger partial charge in [0.05, 0.1) is 36.4 Å². The molecule has 2 heterocycles. The number of halogens is 1. The summed E-state index contributed by atoms with van der Waals surface area (Å²) in [4.78, 5) is 31.9. The van der Waals surface area contributed by atoms with Crippen LogP contribution in [0, 0.1) is 6.92 Å². The van der Waals surface area contributed by atoms with E-state index in [2.05, 4.69) is 4.98 Å². The summed E-state index contributed by atoms with van der Waals surface area (Å²) in [6, 6.07) is 12.7. The Kier molecular flexibility index (Phi) is 6.07. The molecular formula is C25H21ClN2O5. The molecule has 1 aliphatic rings. The predicted octanol–water partition coefficient (Wildman–Crippen LogP) is 4.69. The van der Waals surface area contributed by atoms with E-state index in [1.165, 1.54) is 31.3 Å². The van der Waals surface area contributed by atoms with Crippen molar-refractivity contribution in [1.82, 2.24) is 4.98 Å². The molecule has 3 aromatic rings. The molecule has 1 saturated heterocycles. The third-order valence-corrected chi connectivity index (χ3v) is 5.80. The Hall–Kier alpha value is -3.84. The Morgan fingerprint density at radius 1 is 1.00 bits per heavy atom. The number of pyridine rings is 1. The van der Waals surface area contributed by atoms with Crippen molar-refractivity contribution in [2.75, 3.05) is 19.1 Å². The zero-order chi connectivity index (χ0) is 23.7. The number of hydrogen-bond donors (Lipinski definition) is 1. The normalized spacial score (nSPS) is 17.3. The van der Waals surface area contributed by atoms with E-state index in [1.807, 2.05) is 19.1 Å². The van der Waals surface area contributed by atoms with Crippen LogP contribution in [-0.4, -0.2) is 36.0 Å². The Morgan fingerprint density at radius 2 is 1.64 bits per heavy atom. The number of aromatic nitrogens is 1. The van der Waals surface area contributed by atoms with Gasteiger partial charge >= 0.3 is 0 Å². The number of nitrogens with zero attached hydrogens (tertiary/aromatic N) is 2. The van der Waals surface area contributed by atoms with Crippen molar-refractivity contribution in [3.8, 4) is 11.5 Å². The largest absolute Gasteiger partial charge is 0.507 e. The van der Waals surface area contributed by atoms with Crippen LogP contribution in [0.15, 0.2) is 66.5 Å². The third-order valence-electron chi connectivity index (χ3n) is 5.51. The molecule has 1 aliphatic heterocycles. The quantitative estimate of drug-likeness (QED) is 0.335. The van der Waals surface area contributed by atoms with Gasteiger partial charge in [-0.2, -0.15) is 0 Å². The van der Waals surface area contributed by atoms with E-state index in [0.29, 0.717) is 11.3 Å². The maximum atomic E-state index is 13.3. The van der Waals surface area contributed by atoms with Crippen LogP contribution in [0.5, 0.6) is 11.5 Å². The maximum Gasteiger partial charge on any atom is 0.300 e. The lowest BCUT2D eigenvalue weighted by Gasteiger charge is -2.25. The van der Waals surface area contributed by atoms with E-state index in [1.54, 1.807) is 36.7 Å². The van der Waals surface area contributed by atoms with Crippen LogP contribution in [0.1, 0.15) is 22.7 Å². The molecule has 4 rings (SSSR count). The highest BCUT2D eigenvalue weighted by atomic mass is 35.5. The number of amides is 1. The van der Waals surface area contributed by atoms with Gasteiger partial charge in [0.15, 0.2) is 0 Å². The van der Waals surface area contributed by atoms with E-state index in [0.717, 1.165) is 5.56 Å². The van der Waals surface area contributed by atoms with Crippen molar-refractivity contribution < 1.29 is 24.2 Å². The van der Waals surface area contributed by atoms with Gasteiger partial charge in [0.2, 0.25) is 0 Å². The lowest BCUT2D eigenvalue weighted by Crippen LogP contribution is -2.29. The van der Waals surface area contributed by atoms with E-state index < -0.39 is 23.5 Å². The van der Waals surface area contributed by atoms with E-state index in [9.17, 15) is 14.7 Å². The second kappa shape index (κ2) is 8.96. The van der Waals surface area contributed by atoms with Gasteiger partial charge in [-0.25, -0.2) is 0 Å². The molecule has 8 heteroatoms. The number of ether oxygens (including phenoxy) is 2. The number of benzene rings is 2. The summed E-state index contributed by atoms with van der Waals surface area (Å²) in [7, 11) is 2.85. The van der Waals surface area contributed by atoms with Crippen LogP contribution >= 0.6 is 11.6 Å². The van der Waals surface area contributed by atoms with Gasteiger partial charge in [-0.3, -0.25) is 19.5 Å². The minimum atomic E-state index is -0.873. The molecule has 1 unspecified atom stereocenters. The number of hydrogen-bond acceptors (Lipinski definition) is 6. The first-order valence-corrected chi connectivity index (χ1v) is 10.4. The minimum Gasteiger partial charge on any atom is -0.507 e. The number of aliphatic hydroxyl groups excluding tert-OH is 1. The number of ketones is 1. The highest BCUT2D eigenvalue weighted by molar-refractivity contribution is 6.51. The van der Waals surface area contributed by atoms with Crippen molar-refractivity contribution in [3.05, 3.63) is 88.2 Å². The Labute approximate surface area is 195 Å². The first-order chi connectivity index (χ1) is 15.9. The fourth-order valence-corrected chi connectivity index (χ4v) is 4.09. The molecule has 0 saturated carbocycles. The van der Waals surface area contributed by atoms with E-state index >= 15 is 0 Å². The smallest absolute Gasteiger partial charge is 0.300 e. The zero-order valence-corrected chi connectivity index (χ0v) is 19.0. The number of carbonyl (C=O) groups is 2. The molecule has 7 nitrogen and oxygen atoms in total. The SMILES string of the molecule is COc1cc(/C(O)=C2\C(=O)C(=O)N(c3ccc(C)cc3)C2c2ccncc2)c(OC)cc1Cl. The standard InChI is InChI=1S/C25H21ClN2O5/c1-14-4-6-16(7-5-14)28-22(15-8-10-27-11-9-15)21(24(30)25(28)31)23(29)17-12-20(33-3)18(26)13-19(17)32-2/h4-13,22,29H,1-3H3/b23-21+. The number of methoxy groups -OCH3 is 2. The summed E-state index contributed by atoms with van der Waals surface area (Å²) in [6.07, 6.45) is 3.13. The van der Waals surface area contributed by atoms with Crippen molar-refractivity contribution in [2.24, 2.45) is 0 Å². The summed E-state index contributed by atoms with van der Waals surface area (Å²) in [5.41, 5.74) is 2.26. The van der Waals surface area contributed by atoms with Gasteiger partial charge in [0, 0.05) is 24.1 Å². The molecule has 1 fully saturated rings. The fourth-order valence-electron chi connectivity index (χ4n) is 3.86. The van der Waals surface area contributed by atoms with Crippen LogP contribution in [0.4, 0.5) is 5.69 Å². The number of aryl methyl sites for hydroxylation is 1. The average Bonchev–Trinajstić information content (AvgIpc) is 3.10. The van der Waals surface area contributed by atoms with Gasteiger partial charge in [0.1, 0.15) is 17.3 Å². The molecule has 0 aliphatic carbocycles. The second-order valence-electron chi connectivity index (χ2n) is 7.47. The van der Waals surface area contributed by atoms with Crippen LogP contribution in [-0.2, 0) is 9.59 Å². The lowest BCUT2D eigenvalue weighted by molar-refractivity contribution is -0.132. The summed E-state index contributed by atoms with van der Waals surface area (Å²) < 4.78 is 10.6. The molecule has 1 amide bonds. The van der Waals surface area contributed by atoms with Gasteiger partial charge < -0.3 is 14.6 Å². The second-order valence-corrected chi connectivity index (χ2v) is 7.88. The molecule has 0 spiro atoms. The predicted molar refractivity (Wildman–Crippen MR) is 125 cm³/mol. The van der Waals surface area contributed by atoms with Crippen LogP contribution in [0.25, 0.3) is 5.76 Å². The number of Topliss-reactive ketones (excluding diaryl/α,β-unsaturated/α-hetero) is 1. The monoisotopic (exact) mass is 464 g/mol. The zero-order valence-electron chi connectivity index (χ0n) is 18.2. The molecule has 1 N–H and O–H groups in total. The summed E-state index contributed by atoms with van der Waals surface area (Å²) in [6.45, 7) is 1.93. The summed E-state index contributed by atoms with van der Waals surface area (Å²) in [5, 5.41) is 11.6. The first-order valence-electron chi connectivity index (χ1n) is 10.1.